The molecule has 0 bridgehead atoms. The molecular weight excluding hydrogens is 352 g/mol. The fraction of sp³-hybridized carbons (Fsp3) is 0.478. The van der Waals surface area contributed by atoms with E-state index in [1.165, 1.54) is 18.4 Å². The molecule has 1 atom stereocenters. The van der Waals surface area contributed by atoms with Gasteiger partial charge >= 0.3 is 0 Å². The lowest BCUT2D eigenvalue weighted by molar-refractivity contribution is 0.259. The fourth-order valence-corrected chi connectivity index (χ4v) is 4.46. The summed E-state index contributed by atoms with van der Waals surface area (Å²) >= 11 is 0. The molecule has 2 aliphatic rings. The lowest BCUT2D eigenvalue weighted by atomic mass is 9.86. The Bertz CT molecular complexity index is 763. The van der Waals surface area contributed by atoms with E-state index < -0.39 is 0 Å². The van der Waals surface area contributed by atoms with Crippen LogP contribution in [0.3, 0.4) is 0 Å². The molecule has 0 saturated carbocycles. The van der Waals surface area contributed by atoms with E-state index in [4.69, 9.17) is 14.2 Å². The van der Waals surface area contributed by atoms with Crippen LogP contribution in [0, 0.1) is 5.41 Å². The summed E-state index contributed by atoms with van der Waals surface area (Å²) in [5, 5.41) is 3.53. The number of rotatable bonds is 7. The molecule has 2 fully saturated rings. The smallest absolute Gasteiger partial charge is 0.203 e. The number of methoxy groups -OCH3 is 2. The molecular formula is C23H30N2O3. The lowest BCUT2D eigenvalue weighted by Crippen LogP contribution is -2.28. The Hall–Kier alpha value is -2.24. The van der Waals surface area contributed by atoms with Gasteiger partial charge in [0.2, 0.25) is 5.75 Å². The lowest BCUT2D eigenvalue weighted by Gasteiger charge is -2.23. The molecule has 2 heterocycles. The normalized spacial score (nSPS) is 21.9. The van der Waals surface area contributed by atoms with Gasteiger partial charge in [-0.2, -0.15) is 0 Å². The van der Waals surface area contributed by atoms with Gasteiger partial charge < -0.3 is 19.5 Å². The zero-order chi connectivity index (χ0) is 19.4. The van der Waals surface area contributed by atoms with Gasteiger partial charge in [-0.3, -0.25) is 4.90 Å². The molecule has 0 aliphatic carbocycles. The average Bonchev–Trinajstić information content (AvgIpc) is 3.36. The number of likely N-dealkylation sites (tertiary alicyclic amines) is 1. The number of nitrogens with one attached hydrogen (secondary N) is 1. The second-order valence-electron chi connectivity index (χ2n) is 7.99. The Balaban J connectivity index is 1.48. The minimum Gasteiger partial charge on any atom is -0.493 e. The van der Waals surface area contributed by atoms with Crippen molar-refractivity contribution in [1.82, 2.24) is 10.2 Å². The van der Waals surface area contributed by atoms with Gasteiger partial charge in [0.05, 0.1) is 14.2 Å². The van der Waals surface area contributed by atoms with E-state index in [-0.39, 0.29) is 0 Å². The van der Waals surface area contributed by atoms with E-state index >= 15 is 0 Å². The van der Waals surface area contributed by atoms with Gasteiger partial charge in [0.15, 0.2) is 11.5 Å². The zero-order valence-corrected chi connectivity index (χ0v) is 16.9. The first kappa shape index (κ1) is 19.1. The summed E-state index contributed by atoms with van der Waals surface area (Å²) < 4.78 is 17.3. The predicted molar refractivity (Wildman–Crippen MR) is 110 cm³/mol. The van der Waals surface area contributed by atoms with E-state index in [9.17, 15) is 0 Å². The monoisotopic (exact) mass is 382 g/mol. The topological polar surface area (TPSA) is 43.0 Å². The van der Waals surface area contributed by atoms with Crippen LogP contribution in [0.25, 0.3) is 0 Å². The predicted octanol–water partition coefficient (Wildman–Crippen LogP) is 3.47. The third-order valence-electron chi connectivity index (χ3n) is 6.00. The highest BCUT2D eigenvalue weighted by molar-refractivity contribution is 5.54. The van der Waals surface area contributed by atoms with Crippen LogP contribution in [-0.2, 0) is 13.2 Å². The SMILES string of the molecule is COc1cc(CN2CCC3(CCNC3)C2)cc(OC)c1OCc1ccccc1. The maximum absolute atomic E-state index is 6.07. The molecule has 0 amide bonds. The molecule has 28 heavy (non-hydrogen) atoms. The van der Waals surface area contributed by atoms with Crippen molar-refractivity contribution in [1.29, 1.82) is 0 Å². The summed E-state index contributed by atoms with van der Waals surface area (Å²) in [7, 11) is 3.37. The summed E-state index contributed by atoms with van der Waals surface area (Å²) in [5.41, 5.74) is 2.79. The van der Waals surface area contributed by atoms with Crippen LogP contribution in [0.5, 0.6) is 17.2 Å². The molecule has 0 aromatic heterocycles. The van der Waals surface area contributed by atoms with Crippen LogP contribution in [0.4, 0.5) is 0 Å². The summed E-state index contributed by atoms with van der Waals surface area (Å²) in [5.74, 6) is 2.11. The average molecular weight is 383 g/mol. The van der Waals surface area contributed by atoms with Crippen LogP contribution in [0.15, 0.2) is 42.5 Å². The minimum absolute atomic E-state index is 0.479. The molecule has 2 aliphatic heterocycles. The molecule has 2 saturated heterocycles. The van der Waals surface area contributed by atoms with Gasteiger partial charge in [-0.1, -0.05) is 30.3 Å². The molecule has 1 spiro atoms. The number of benzene rings is 2. The highest BCUT2D eigenvalue weighted by atomic mass is 16.5. The van der Waals surface area contributed by atoms with E-state index in [1.807, 2.05) is 18.2 Å². The third-order valence-corrected chi connectivity index (χ3v) is 6.00. The van der Waals surface area contributed by atoms with E-state index in [0.717, 1.165) is 49.8 Å². The summed E-state index contributed by atoms with van der Waals surface area (Å²) in [6, 6.07) is 14.3. The fourth-order valence-electron chi connectivity index (χ4n) is 4.46. The highest BCUT2D eigenvalue weighted by Gasteiger charge is 2.40. The largest absolute Gasteiger partial charge is 0.493 e. The maximum Gasteiger partial charge on any atom is 0.203 e. The molecule has 0 radical (unpaired) electrons. The number of hydrogen-bond donors (Lipinski definition) is 1. The summed E-state index contributed by atoms with van der Waals surface area (Å²) in [6.07, 6.45) is 2.58. The Morgan fingerprint density at radius 1 is 1.00 bits per heavy atom. The molecule has 150 valence electrons. The number of hydrogen-bond acceptors (Lipinski definition) is 5. The second kappa shape index (κ2) is 8.41. The van der Waals surface area contributed by atoms with Crippen molar-refractivity contribution >= 4 is 0 Å². The van der Waals surface area contributed by atoms with Gasteiger partial charge in [0.1, 0.15) is 6.61 Å². The molecule has 4 rings (SSSR count). The van der Waals surface area contributed by atoms with Gasteiger partial charge in [-0.15, -0.1) is 0 Å². The third kappa shape index (κ3) is 4.10. The summed E-state index contributed by atoms with van der Waals surface area (Å²) in [6.45, 7) is 6.02. The van der Waals surface area contributed by atoms with Crippen LogP contribution < -0.4 is 19.5 Å². The van der Waals surface area contributed by atoms with Crippen molar-refractivity contribution in [2.75, 3.05) is 40.4 Å². The van der Waals surface area contributed by atoms with Crippen LogP contribution in [-0.4, -0.2) is 45.3 Å². The first-order valence-corrected chi connectivity index (χ1v) is 10.1. The van der Waals surface area contributed by atoms with Crippen LogP contribution in [0.2, 0.25) is 0 Å². The van der Waals surface area contributed by atoms with Crippen LogP contribution in [0.1, 0.15) is 24.0 Å². The molecule has 2 aromatic rings. The second-order valence-corrected chi connectivity index (χ2v) is 7.99. The van der Waals surface area contributed by atoms with E-state index in [2.05, 4.69) is 34.5 Å². The molecule has 1 N–H and O–H groups in total. The first-order valence-electron chi connectivity index (χ1n) is 10.1. The van der Waals surface area contributed by atoms with Gasteiger partial charge in [0, 0.05) is 19.6 Å². The minimum atomic E-state index is 0.479. The Labute approximate surface area is 167 Å². The highest BCUT2D eigenvalue weighted by Crippen LogP contribution is 2.41. The van der Waals surface area contributed by atoms with Crippen LogP contribution >= 0.6 is 0 Å². The molecule has 1 unspecified atom stereocenters. The van der Waals surface area contributed by atoms with Crippen molar-refractivity contribution < 1.29 is 14.2 Å². The molecule has 5 heteroatoms. The number of nitrogens with zero attached hydrogens (tertiary/aromatic N) is 1. The van der Waals surface area contributed by atoms with Crippen molar-refractivity contribution in [3.05, 3.63) is 53.6 Å². The summed E-state index contributed by atoms with van der Waals surface area (Å²) in [4.78, 5) is 2.55. The van der Waals surface area contributed by atoms with Gasteiger partial charge in [-0.25, -0.2) is 0 Å². The quantitative estimate of drug-likeness (QED) is 0.794. The number of ether oxygens (including phenoxy) is 3. The van der Waals surface area contributed by atoms with Crippen molar-refractivity contribution in [2.45, 2.75) is 26.0 Å². The van der Waals surface area contributed by atoms with E-state index in [1.54, 1.807) is 14.2 Å². The maximum atomic E-state index is 6.07. The Morgan fingerprint density at radius 2 is 1.75 bits per heavy atom. The van der Waals surface area contributed by atoms with E-state index in [0.29, 0.717) is 17.8 Å². The molecule has 2 aromatic carbocycles. The molecule has 5 nitrogen and oxygen atoms in total. The first-order chi connectivity index (χ1) is 13.7. The Morgan fingerprint density at radius 3 is 2.39 bits per heavy atom. The van der Waals surface area contributed by atoms with Crippen molar-refractivity contribution in [2.24, 2.45) is 5.41 Å². The van der Waals surface area contributed by atoms with Gasteiger partial charge in [0.25, 0.3) is 0 Å². The Kier molecular flexibility index (Phi) is 5.74. The van der Waals surface area contributed by atoms with Gasteiger partial charge in [-0.05, 0) is 54.6 Å². The van der Waals surface area contributed by atoms with Crippen molar-refractivity contribution in [3.8, 4) is 17.2 Å². The zero-order valence-electron chi connectivity index (χ0n) is 16.9. The van der Waals surface area contributed by atoms with Crippen molar-refractivity contribution in [3.63, 3.8) is 0 Å². The standard InChI is InChI=1S/C23H30N2O3/c1-26-20-12-19(14-25-11-9-23(17-25)8-10-24-16-23)13-21(27-2)22(20)28-15-18-6-4-3-5-7-18/h3-7,12-13,24H,8-11,14-17H2,1-2H3.